The maximum absolute atomic E-state index is 10.6. The summed E-state index contributed by atoms with van der Waals surface area (Å²) in [6.07, 6.45) is -0.275. The number of rotatable bonds is 4. The molecule has 1 rings (SSSR count). The Morgan fingerprint density at radius 2 is 1.56 bits per heavy atom. The van der Waals surface area contributed by atoms with Gasteiger partial charge in [0.25, 0.3) is 11.4 Å². The van der Waals surface area contributed by atoms with Gasteiger partial charge in [-0.15, -0.1) is 0 Å². The third kappa shape index (κ3) is 2.74. The summed E-state index contributed by atoms with van der Waals surface area (Å²) in [4.78, 5) is 30.0. The molecule has 0 heterocycles. The van der Waals surface area contributed by atoms with Gasteiger partial charge < -0.3 is 5.73 Å². The topological polar surface area (TPSA) is 129 Å². The molecule has 0 aliphatic carbocycles. The molecule has 0 atom stereocenters. The van der Waals surface area contributed by atoms with Crippen molar-refractivity contribution in [2.75, 3.05) is 0 Å². The summed E-state index contributed by atoms with van der Waals surface area (Å²) in [5.74, 6) is -0.713. The Bertz CT molecular complexity index is 438. The summed E-state index contributed by atoms with van der Waals surface area (Å²) in [5, 5.41) is 21.0. The monoisotopic (exact) mass is 225 g/mol. The number of carbonyl (C=O) groups excluding carboxylic acids is 1. The second-order valence-corrected chi connectivity index (χ2v) is 3.01. The van der Waals surface area contributed by atoms with E-state index in [2.05, 4.69) is 0 Å². The number of nitrogens with two attached hydrogens (primary N) is 1. The Kier molecular flexibility index (Phi) is 3.14. The van der Waals surface area contributed by atoms with Gasteiger partial charge in [0.05, 0.1) is 22.3 Å². The van der Waals surface area contributed by atoms with E-state index < -0.39 is 27.1 Å². The van der Waals surface area contributed by atoms with E-state index in [0.717, 1.165) is 18.2 Å². The number of primary amides is 1. The molecule has 0 bridgehead atoms. The molecule has 1 amide bonds. The third-order valence-corrected chi connectivity index (χ3v) is 1.76. The fourth-order valence-corrected chi connectivity index (χ4v) is 1.17. The van der Waals surface area contributed by atoms with E-state index in [9.17, 15) is 25.0 Å². The number of nitro groups is 2. The molecule has 2 N–H and O–H groups in total. The van der Waals surface area contributed by atoms with Gasteiger partial charge >= 0.3 is 0 Å². The molecule has 16 heavy (non-hydrogen) atoms. The molecule has 0 fully saturated rings. The smallest absolute Gasteiger partial charge is 0.276 e. The van der Waals surface area contributed by atoms with Gasteiger partial charge in [-0.25, -0.2) is 0 Å². The molecule has 0 aliphatic heterocycles. The van der Waals surface area contributed by atoms with Crippen molar-refractivity contribution in [3.05, 3.63) is 44.0 Å². The van der Waals surface area contributed by atoms with Crippen LogP contribution in [0.15, 0.2) is 18.2 Å². The van der Waals surface area contributed by atoms with Crippen LogP contribution >= 0.6 is 0 Å². The predicted molar refractivity (Wildman–Crippen MR) is 52.6 cm³/mol. The fraction of sp³-hybridized carbons (Fsp3) is 0.125. The Morgan fingerprint density at radius 1 is 1.12 bits per heavy atom. The zero-order valence-electron chi connectivity index (χ0n) is 7.95. The van der Waals surface area contributed by atoms with E-state index in [1.54, 1.807) is 0 Å². The largest absolute Gasteiger partial charge is 0.369 e. The van der Waals surface area contributed by atoms with Gasteiger partial charge in [0.15, 0.2) is 0 Å². The average Bonchev–Trinajstić information content (AvgIpc) is 2.15. The second-order valence-electron chi connectivity index (χ2n) is 3.01. The first-order chi connectivity index (χ1) is 7.40. The van der Waals surface area contributed by atoms with Crippen molar-refractivity contribution in [3.8, 4) is 0 Å². The average molecular weight is 225 g/mol. The Labute approximate surface area is 89.0 Å². The number of hydrogen-bond donors (Lipinski definition) is 1. The van der Waals surface area contributed by atoms with Gasteiger partial charge in [0.1, 0.15) is 0 Å². The molecule has 8 nitrogen and oxygen atoms in total. The van der Waals surface area contributed by atoms with E-state index in [1.807, 2.05) is 0 Å². The van der Waals surface area contributed by atoms with Crippen molar-refractivity contribution in [3.63, 3.8) is 0 Å². The van der Waals surface area contributed by atoms with Gasteiger partial charge in [-0.3, -0.25) is 25.0 Å². The van der Waals surface area contributed by atoms with Crippen LogP contribution in [0.2, 0.25) is 0 Å². The van der Waals surface area contributed by atoms with Crippen LogP contribution in [0.4, 0.5) is 11.4 Å². The second kappa shape index (κ2) is 4.34. The Morgan fingerprint density at radius 3 is 1.88 bits per heavy atom. The lowest BCUT2D eigenvalue weighted by Gasteiger charge is -1.98. The van der Waals surface area contributed by atoms with Crippen LogP contribution in [-0.2, 0) is 11.2 Å². The van der Waals surface area contributed by atoms with E-state index in [4.69, 9.17) is 5.73 Å². The van der Waals surface area contributed by atoms with E-state index in [1.165, 1.54) is 0 Å². The van der Waals surface area contributed by atoms with Crippen LogP contribution in [0.3, 0.4) is 0 Å². The number of nitrogens with zero attached hydrogens (tertiary/aromatic N) is 2. The summed E-state index contributed by atoms with van der Waals surface area (Å²) < 4.78 is 0. The lowest BCUT2D eigenvalue weighted by atomic mass is 10.1. The SMILES string of the molecule is NC(=O)Cc1cc([N+](=O)[O-])cc([N+](=O)[O-])c1. The summed E-state index contributed by atoms with van der Waals surface area (Å²) in [6.45, 7) is 0. The quantitative estimate of drug-likeness (QED) is 0.590. The van der Waals surface area contributed by atoms with Crippen molar-refractivity contribution in [1.29, 1.82) is 0 Å². The van der Waals surface area contributed by atoms with Gasteiger partial charge in [0, 0.05) is 12.1 Å². The highest BCUT2D eigenvalue weighted by atomic mass is 16.6. The molecule has 0 saturated heterocycles. The number of non-ortho nitro benzene ring substituents is 2. The number of carbonyl (C=O) groups is 1. The van der Waals surface area contributed by atoms with Gasteiger partial charge in [-0.05, 0) is 5.56 Å². The van der Waals surface area contributed by atoms with Crippen molar-refractivity contribution in [2.45, 2.75) is 6.42 Å². The van der Waals surface area contributed by atoms with Crippen LogP contribution in [0.1, 0.15) is 5.56 Å². The molecule has 1 aromatic carbocycles. The van der Waals surface area contributed by atoms with Crippen LogP contribution in [0.5, 0.6) is 0 Å². The summed E-state index contributed by atoms with van der Waals surface area (Å²) >= 11 is 0. The van der Waals surface area contributed by atoms with Gasteiger partial charge in [-0.1, -0.05) is 0 Å². The first kappa shape index (κ1) is 11.6. The van der Waals surface area contributed by atoms with Crippen LogP contribution < -0.4 is 5.73 Å². The fourth-order valence-electron chi connectivity index (χ4n) is 1.17. The molecule has 0 radical (unpaired) electrons. The maximum Gasteiger partial charge on any atom is 0.276 e. The maximum atomic E-state index is 10.6. The number of hydrogen-bond acceptors (Lipinski definition) is 5. The molecular formula is C8H7N3O5. The molecule has 0 saturated carbocycles. The highest BCUT2D eigenvalue weighted by Crippen LogP contribution is 2.22. The molecule has 0 aromatic heterocycles. The molecule has 0 aliphatic rings. The molecule has 0 spiro atoms. The minimum Gasteiger partial charge on any atom is -0.369 e. The third-order valence-electron chi connectivity index (χ3n) is 1.76. The van der Waals surface area contributed by atoms with Crippen molar-refractivity contribution < 1.29 is 14.6 Å². The van der Waals surface area contributed by atoms with Crippen LogP contribution in [0.25, 0.3) is 0 Å². The first-order valence-corrected chi connectivity index (χ1v) is 4.11. The number of benzene rings is 1. The Balaban J connectivity index is 3.23. The van der Waals surface area contributed by atoms with Gasteiger partial charge in [-0.2, -0.15) is 0 Å². The predicted octanol–water partition coefficient (Wildman–Crippen LogP) is 0.531. The van der Waals surface area contributed by atoms with Crippen LogP contribution in [0, 0.1) is 20.2 Å². The normalized spacial score (nSPS) is 9.75. The standard InChI is InChI=1S/C8H7N3O5/c9-8(12)3-5-1-6(10(13)14)4-7(2-5)11(15)16/h1-2,4H,3H2,(H2,9,12). The summed E-state index contributed by atoms with van der Waals surface area (Å²) in [5.41, 5.74) is 4.17. The minimum atomic E-state index is -0.766. The van der Waals surface area contributed by atoms with E-state index in [-0.39, 0.29) is 12.0 Å². The van der Waals surface area contributed by atoms with Crippen molar-refractivity contribution in [1.82, 2.24) is 0 Å². The highest BCUT2D eigenvalue weighted by molar-refractivity contribution is 5.77. The highest BCUT2D eigenvalue weighted by Gasteiger charge is 2.16. The molecule has 0 unspecified atom stereocenters. The molecule has 84 valence electrons. The summed E-state index contributed by atoms with van der Waals surface area (Å²) in [6, 6.07) is 2.99. The van der Waals surface area contributed by atoms with Crippen molar-refractivity contribution >= 4 is 17.3 Å². The molecular weight excluding hydrogens is 218 g/mol. The Hall–Kier alpha value is -2.51. The number of amides is 1. The number of nitro benzene ring substituents is 2. The zero-order chi connectivity index (χ0) is 12.3. The van der Waals surface area contributed by atoms with Crippen molar-refractivity contribution in [2.24, 2.45) is 5.73 Å². The molecule has 8 heteroatoms. The van der Waals surface area contributed by atoms with Crippen LogP contribution in [-0.4, -0.2) is 15.8 Å². The first-order valence-electron chi connectivity index (χ1n) is 4.11. The minimum absolute atomic E-state index is 0.147. The zero-order valence-corrected chi connectivity index (χ0v) is 7.95. The lowest BCUT2D eigenvalue weighted by molar-refractivity contribution is -0.394. The summed E-state index contributed by atoms with van der Waals surface area (Å²) in [7, 11) is 0. The molecule has 1 aromatic rings. The lowest BCUT2D eigenvalue weighted by Crippen LogP contribution is -2.13. The van der Waals surface area contributed by atoms with Gasteiger partial charge in [0.2, 0.25) is 5.91 Å². The van der Waals surface area contributed by atoms with E-state index >= 15 is 0 Å². The van der Waals surface area contributed by atoms with E-state index in [0.29, 0.717) is 0 Å².